The fourth-order valence-corrected chi connectivity index (χ4v) is 1.43. The highest BCUT2D eigenvalue weighted by molar-refractivity contribution is 5.91. The maximum atomic E-state index is 11.4. The van der Waals surface area contributed by atoms with Crippen LogP contribution in [0.15, 0.2) is 30.3 Å². The summed E-state index contributed by atoms with van der Waals surface area (Å²) < 4.78 is 0. The van der Waals surface area contributed by atoms with Crippen LogP contribution in [0.1, 0.15) is 18.1 Å². The van der Waals surface area contributed by atoms with E-state index in [2.05, 4.69) is 10.6 Å². The van der Waals surface area contributed by atoms with Crippen LogP contribution in [0, 0.1) is 6.92 Å². The second kappa shape index (κ2) is 7.27. The first kappa shape index (κ1) is 14.0. The summed E-state index contributed by atoms with van der Waals surface area (Å²) in [6.45, 7) is 4.32. The topological polar surface area (TPSA) is 58.2 Å². The lowest BCUT2D eigenvalue weighted by Gasteiger charge is -2.02. The largest absolute Gasteiger partial charge is 0.355 e. The summed E-state index contributed by atoms with van der Waals surface area (Å²) in [5.41, 5.74) is 2.15. The molecule has 2 amide bonds. The zero-order chi connectivity index (χ0) is 13.4. The van der Waals surface area contributed by atoms with Crippen molar-refractivity contribution in [3.63, 3.8) is 0 Å². The van der Waals surface area contributed by atoms with Crippen LogP contribution in [0.3, 0.4) is 0 Å². The zero-order valence-electron chi connectivity index (χ0n) is 10.7. The van der Waals surface area contributed by atoms with Gasteiger partial charge in [0.2, 0.25) is 11.8 Å². The molecule has 0 unspecified atom stereocenters. The van der Waals surface area contributed by atoms with E-state index in [-0.39, 0.29) is 11.8 Å². The molecule has 4 nitrogen and oxygen atoms in total. The SMILES string of the molecule is CC(=O)NCCNC(=O)/C=C/c1cccc(C)c1. The molecule has 96 valence electrons. The third-order valence-electron chi connectivity index (χ3n) is 2.27. The molecular formula is C14H18N2O2. The van der Waals surface area contributed by atoms with Crippen LogP contribution in [0.2, 0.25) is 0 Å². The Morgan fingerprint density at radius 3 is 2.61 bits per heavy atom. The van der Waals surface area contributed by atoms with Gasteiger partial charge < -0.3 is 10.6 Å². The van der Waals surface area contributed by atoms with Gasteiger partial charge in [0.05, 0.1) is 0 Å². The Morgan fingerprint density at radius 1 is 1.22 bits per heavy atom. The van der Waals surface area contributed by atoms with Gasteiger partial charge in [0.1, 0.15) is 0 Å². The molecule has 1 aromatic carbocycles. The number of hydrogen-bond donors (Lipinski definition) is 2. The Hall–Kier alpha value is -2.10. The van der Waals surface area contributed by atoms with E-state index < -0.39 is 0 Å². The van der Waals surface area contributed by atoms with E-state index in [0.29, 0.717) is 13.1 Å². The summed E-state index contributed by atoms with van der Waals surface area (Å²) in [5.74, 6) is -0.263. The first-order chi connectivity index (χ1) is 8.58. The third kappa shape index (κ3) is 5.84. The number of carbonyl (C=O) groups is 2. The molecule has 0 atom stereocenters. The van der Waals surface area contributed by atoms with Crippen molar-refractivity contribution < 1.29 is 9.59 Å². The molecule has 0 aliphatic rings. The van der Waals surface area contributed by atoms with Gasteiger partial charge in [-0.05, 0) is 18.6 Å². The second-order valence-corrected chi connectivity index (χ2v) is 4.02. The van der Waals surface area contributed by atoms with Gasteiger partial charge in [-0.25, -0.2) is 0 Å². The van der Waals surface area contributed by atoms with Crippen molar-refractivity contribution in [1.29, 1.82) is 0 Å². The molecule has 0 heterocycles. The van der Waals surface area contributed by atoms with Crippen molar-refractivity contribution in [3.8, 4) is 0 Å². The average Bonchev–Trinajstić information content (AvgIpc) is 2.32. The minimum absolute atomic E-state index is 0.0976. The zero-order valence-corrected chi connectivity index (χ0v) is 10.7. The summed E-state index contributed by atoms with van der Waals surface area (Å²) in [5, 5.41) is 5.29. The van der Waals surface area contributed by atoms with E-state index in [1.807, 2.05) is 31.2 Å². The molecule has 0 aromatic heterocycles. The summed E-state index contributed by atoms with van der Waals surface area (Å²) in [6, 6.07) is 7.89. The van der Waals surface area contributed by atoms with Gasteiger partial charge in [0, 0.05) is 26.1 Å². The van der Waals surface area contributed by atoms with E-state index >= 15 is 0 Å². The van der Waals surface area contributed by atoms with Crippen LogP contribution in [0.25, 0.3) is 6.08 Å². The maximum Gasteiger partial charge on any atom is 0.244 e. The number of amides is 2. The van der Waals surface area contributed by atoms with Gasteiger partial charge >= 0.3 is 0 Å². The van der Waals surface area contributed by atoms with Crippen molar-refractivity contribution >= 4 is 17.9 Å². The molecule has 1 aromatic rings. The van der Waals surface area contributed by atoms with Gasteiger partial charge in [-0.3, -0.25) is 9.59 Å². The van der Waals surface area contributed by atoms with Gasteiger partial charge in [-0.2, -0.15) is 0 Å². The molecule has 1 rings (SSSR count). The fourth-order valence-electron chi connectivity index (χ4n) is 1.43. The summed E-state index contributed by atoms with van der Waals surface area (Å²) in [6.07, 6.45) is 3.25. The fraction of sp³-hybridized carbons (Fsp3) is 0.286. The molecular weight excluding hydrogens is 228 g/mol. The van der Waals surface area contributed by atoms with Crippen LogP contribution < -0.4 is 10.6 Å². The Morgan fingerprint density at radius 2 is 1.94 bits per heavy atom. The smallest absolute Gasteiger partial charge is 0.244 e. The standard InChI is InChI=1S/C14H18N2O2/c1-11-4-3-5-13(10-11)6-7-14(18)16-9-8-15-12(2)17/h3-7,10H,8-9H2,1-2H3,(H,15,17)(H,16,18)/b7-6+. The second-order valence-electron chi connectivity index (χ2n) is 4.02. The highest BCUT2D eigenvalue weighted by atomic mass is 16.2. The molecule has 2 N–H and O–H groups in total. The van der Waals surface area contributed by atoms with Crippen molar-refractivity contribution in [1.82, 2.24) is 10.6 Å². The van der Waals surface area contributed by atoms with Gasteiger partial charge in [-0.15, -0.1) is 0 Å². The van der Waals surface area contributed by atoms with Gasteiger partial charge in [0.15, 0.2) is 0 Å². The van der Waals surface area contributed by atoms with Crippen LogP contribution in [-0.2, 0) is 9.59 Å². The number of hydrogen-bond acceptors (Lipinski definition) is 2. The third-order valence-corrected chi connectivity index (χ3v) is 2.27. The normalized spacial score (nSPS) is 10.3. The highest BCUT2D eigenvalue weighted by Gasteiger charge is 1.95. The van der Waals surface area contributed by atoms with Crippen molar-refractivity contribution in [2.24, 2.45) is 0 Å². The van der Waals surface area contributed by atoms with Gasteiger partial charge in [-0.1, -0.05) is 29.8 Å². The molecule has 0 aliphatic carbocycles. The summed E-state index contributed by atoms with van der Waals surface area (Å²) in [7, 11) is 0. The predicted octanol–water partition coefficient (Wildman–Crippen LogP) is 1.26. The lowest BCUT2D eigenvalue weighted by atomic mass is 10.1. The molecule has 18 heavy (non-hydrogen) atoms. The van der Waals surface area contributed by atoms with E-state index in [4.69, 9.17) is 0 Å². The number of rotatable bonds is 5. The van der Waals surface area contributed by atoms with Crippen molar-refractivity contribution in [2.75, 3.05) is 13.1 Å². The lowest BCUT2D eigenvalue weighted by molar-refractivity contribution is -0.119. The molecule has 0 saturated heterocycles. The molecule has 0 saturated carbocycles. The molecule has 0 aliphatic heterocycles. The van der Waals surface area contributed by atoms with Gasteiger partial charge in [0.25, 0.3) is 0 Å². The molecule has 0 fully saturated rings. The van der Waals surface area contributed by atoms with E-state index in [1.165, 1.54) is 13.0 Å². The number of benzene rings is 1. The minimum atomic E-state index is -0.165. The summed E-state index contributed by atoms with van der Waals surface area (Å²) >= 11 is 0. The number of carbonyl (C=O) groups excluding carboxylic acids is 2. The quantitative estimate of drug-likeness (QED) is 0.607. The monoisotopic (exact) mass is 246 g/mol. The molecule has 4 heteroatoms. The average molecular weight is 246 g/mol. The molecule has 0 spiro atoms. The van der Waals surface area contributed by atoms with E-state index in [0.717, 1.165) is 11.1 Å². The van der Waals surface area contributed by atoms with Crippen LogP contribution in [0.5, 0.6) is 0 Å². The van der Waals surface area contributed by atoms with Crippen molar-refractivity contribution in [3.05, 3.63) is 41.5 Å². The first-order valence-electron chi connectivity index (χ1n) is 5.85. The lowest BCUT2D eigenvalue weighted by Crippen LogP contribution is -2.32. The Kier molecular flexibility index (Phi) is 5.64. The number of aryl methyl sites for hydroxylation is 1. The van der Waals surface area contributed by atoms with Crippen LogP contribution in [0.4, 0.5) is 0 Å². The Bertz CT molecular complexity index is 453. The van der Waals surface area contributed by atoms with E-state index in [1.54, 1.807) is 6.08 Å². The van der Waals surface area contributed by atoms with Crippen LogP contribution >= 0.6 is 0 Å². The molecule has 0 radical (unpaired) electrons. The maximum absolute atomic E-state index is 11.4. The number of nitrogens with one attached hydrogen (secondary N) is 2. The first-order valence-corrected chi connectivity index (χ1v) is 5.85. The predicted molar refractivity (Wildman–Crippen MR) is 71.9 cm³/mol. The van der Waals surface area contributed by atoms with E-state index in [9.17, 15) is 9.59 Å². The van der Waals surface area contributed by atoms with Crippen LogP contribution in [-0.4, -0.2) is 24.9 Å². The Balaban J connectivity index is 2.33. The molecule has 0 bridgehead atoms. The minimum Gasteiger partial charge on any atom is -0.355 e. The van der Waals surface area contributed by atoms with Crippen molar-refractivity contribution in [2.45, 2.75) is 13.8 Å². The highest BCUT2D eigenvalue weighted by Crippen LogP contribution is 2.05. The Labute approximate surface area is 107 Å². The summed E-state index contributed by atoms with van der Waals surface area (Å²) in [4.78, 5) is 22.0.